The third-order valence-corrected chi connectivity index (χ3v) is 3.59. The van der Waals surface area contributed by atoms with Gasteiger partial charge < -0.3 is 15.0 Å². The highest BCUT2D eigenvalue weighted by atomic mass is 16.5. The molecule has 4 nitrogen and oxygen atoms in total. The topological polar surface area (TPSA) is 41.6 Å². The van der Waals surface area contributed by atoms with Crippen molar-refractivity contribution in [3.05, 3.63) is 35.9 Å². The van der Waals surface area contributed by atoms with Crippen molar-refractivity contribution in [2.45, 2.75) is 18.9 Å². The van der Waals surface area contributed by atoms with E-state index in [0.717, 1.165) is 25.9 Å². The maximum absolute atomic E-state index is 11.3. The van der Waals surface area contributed by atoms with Crippen LogP contribution in [0.1, 0.15) is 12.0 Å². The van der Waals surface area contributed by atoms with Gasteiger partial charge in [-0.25, -0.2) is 4.79 Å². The van der Waals surface area contributed by atoms with Crippen LogP contribution in [0, 0.1) is 5.92 Å². The van der Waals surface area contributed by atoms with Gasteiger partial charge in [-0.15, -0.1) is 0 Å². The Balaban J connectivity index is 1.92. The molecule has 1 aliphatic rings. The number of piperidine rings is 1. The van der Waals surface area contributed by atoms with E-state index in [2.05, 4.69) is 46.3 Å². The second kappa shape index (κ2) is 6.57. The monoisotopic (exact) mass is 262 g/mol. The largest absolute Gasteiger partial charge is 0.453 e. The molecule has 1 saturated heterocycles. The number of hydrogen-bond acceptors (Lipinski definition) is 3. The summed E-state index contributed by atoms with van der Waals surface area (Å²) < 4.78 is 4.67. The highest BCUT2D eigenvalue weighted by Gasteiger charge is 2.26. The fourth-order valence-electron chi connectivity index (χ4n) is 2.87. The number of amides is 1. The molecule has 1 aliphatic heterocycles. The third-order valence-electron chi connectivity index (χ3n) is 3.59. The van der Waals surface area contributed by atoms with Crippen LogP contribution in [0.25, 0.3) is 0 Å². The average molecular weight is 262 g/mol. The quantitative estimate of drug-likeness (QED) is 0.904. The summed E-state index contributed by atoms with van der Waals surface area (Å²) in [5.41, 5.74) is 1.36. The van der Waals surface area contributed by atoms with Gasteiger partial charge in [-0.05, 0) is 31.4 Å². The predicted molar refractivity (Wildman–Crippen MR) is 75.1 cm³/mol. The molecular weight excluding hydrogens is 240 g/mol. The van der Waals surface area contributed by atoms with Crippen molar-refractivity contribution >= 4 is 6.09 Å². The van der Waals surface area contributed by atoms with E-state index in [1.165, 1.54) is 12.7 Å². The summed E-state index contributed by atoms with van der Waals surface area (Å²) in [7, 11) is 3.51. The molecule has 2 unspecified atom stereocenters. The van der Waals surface area contributed by atoms with Crippen LogP contribution in [0.2, 0.25) is 0 Å². The second-order valence-corrected chi connectivity index (χ2v) is 5.35. The lowest BCUT2D eigenvalue weighted by Gasteiger charge is -2.35. The third kappa shape index (κ3) is 4.24. The molecule has 1 fully saturated rings. The number of rotatable bonds is 3. The summed E-state index contributed by atoms with van der Waals surface area (Å²) in [6.45, 7) is 1.97. The summed E-state index contributed by atoms with van der Waals surface area (Å²) in [4.78, 5) is 13.6. The summed E-state index contributed by atoms with van der Waals surface area (Å²) in [5, 5.41) is 2.91. The van der Waals surface area contributed by atoms with Gasteiger partial charge in [0.25, 0.3) is 0 Å². The van der Waals surface area contributed by atoms with Crippen molar-refractivity contribution in [2.24, 2.45) is 5.92 Å². The lowest BCUT2D eigenvalue weighted by atomic mass is 9.89. The first kappa shape index (κ1) is 13.9. The SMILES string of the molecule is COC(=O)NC1CC(Cc2ccccc2)CN(C)C1. The first-order chi connectivity index (χ1) is 9.17. The van der Waals surface area contributed by atoms with Crippen molar-refractivity contribution < 1.29 is 9.53 Å². The van der Waals surface area contributed by atoms with E-state index in [1.54, 1.807) is 0 Å². The Hall–Kier alpha value is -1.55. The minimum absolute atomic E-state index is 0.180. The normalized spacial score (nSPS) is 23.9. The number of likely N-dealkylation sites (N-methyl/N-ethyl adjacent to an activating group) is 1. The maximum Gasteiger partial charge on any atom is 0.407 e. The molecule has 1 N–H and O–H groups in total. The lowest BCUT2D eigenvalue weighted by molar-refractivity contribution is 0.139. The number of benzene rings is 1. The van der Waals surface area contributed by atoms with Gasteiger partial charge in [-0.1, -0.05) is 30.3 Å². The zero-order valence-corrected chi connectivity index (χ0v) is 11.6. The van der Waals surface area contributed by atoms with Crippen LogP contribution >= 0.6 is 0 Å². The molecular formula is C15H22N2O2. The zero-order valence-electron chi connectivity index (χ0n) is 11.6. The number of ether oxygens (including phenoxy) is 1. The molecule has 0 aliphatic carbocycles. The molecule has 0 saturated carbocycles. The number of alkyl carbamates (subject to hydrolysis) is 1. The highest BCUT2D eigenvalue weighted by molar-refractivity contribution is 5.67. The first-order valence-electron chi connectivity index (χ1n) is 6.74. The van der Waals surface area contributed by atoms with Crippen LogP contribution in [0.5, 0.6) is 0 Å². The molecule has 2 rings (SSSR count). The van der Waals surface area contributed by atoms with Gasteiger partial charge in [0.05, 0.1) is 7.11 Å². The zero-order chi connectivity index (χ0) is 13.7. The van der Waals surface area contributed by atoms with Crippen LogP contribution in [0.15, 0.2) is 30.3 Å². The Morgan fingerprint density at radius 3 is 2.79 bits per heavy atom. The van der Waals surface area contributed by atoms with Gasteiger partial charge in [0.1, 0.15) is 0 Å². The Kier molecular flexibility index (Phi) is 4.80. The standard InChI is InChI=1S/C15H22N2O2/c1-17-10-13(8-12-6-4-3-5-7-12)9-14(11-17)16-15(18)19-2/h3-7,13-14H,8-11H2,1-2H3,(H,16,18). The molecule has 4 heteroatoms. The van der Waals surface area contributed by atoms with Gasteiger partial charge >= 0.3 is 6.09 Å². The van der Waals surface area contributed by atoms with Gasteiger partial charge in [-0.3, -0.25) is 0 Å². The average Bonchev–Trinajstić information content (AvgIpc) is 2.39. The summed E-state index contributed by atoms with van der Waals surface area (Å²) >= 11 is 0. The van der Waals surface area contributed by atoms with Crippen LogP contribution < -0.4 is 5.32 Å². The summed E-state index contributed by atoms with van der Waals surface area (Å²) in [6.07, 6.45) is 1.73. The number of carbonyl (C=O) groups is 1. The van der Waals surface area contributed by atoms with E-state index in [-0.39, 0.29) is 12.1 Å². The highest BCUT2D eigenvalue weighted by Crippen LogP contribution is 2.20. The van der Waals surface area contributed by atoms with E-state index in [4.69, 9.17) is 0 Å². The minimum Gasteiger partial charge on any atom is -0.453 e. The Morgan fingerprint density at radius 2 is 2.11 bits per heavy atom. The molecule has 19 heavy (non-hydrogen) atoms. The Morgan fingerprint density at radius 1 is 1.37 bits per heavy atom. The van der Waals surface area contributed by atoms with Crippen molar-refractivity contribution in [1.29, 1.82) is 0 Å². The lowest BCUT2D eigenvalue weighted by Crippen LogP contribution is -2.49. The fourth-order valence-corrected chi connectivity index (χ4v) is 2.87. The predicted octanol–water partition coefficient (Wildman–Crippen LogP) is 1.91. The summed E-state index contributed by atoms with van der Waals surface area (Å²) in [6, 6.07) is 10.7. The van der Waals surface area contributed by atoms with Gasteiger partial charge in [0.2, 0.25) is 0 Å². The smallest absolute Gasteiger partial charge is 0.407 e. The van der Waals surface area contributed by atoms with Gasteiger partial charge in [0.15, 0.2) is 0 Å². The molecule has 104 valence electrons. The molecule has 0 bridgehead atoms. The van der Waals surface area contributed by atoms with Gasteiger partial charge in [-0.2, -0.15) is 0 Å². The van der Waals surface area contributed by atoms with Crippen LogP contribution in [-0.4, -0.2) is 44.3 Å². The van der Waals surface area contributed by atoms with Crippen molar-refractivity contribution in [1.82, 2.24) is 10.2 Å². The van der Waals surface area contributed by atoms with Crippen LogP contribution in [0.3, 0.4) is 0 Å². The number of carbonyl (C=O) groups excluding carboxylic acids is 1. The van der Waals surface area contributed by atoms with E-state index in [0.29, 0.717) is 5.92 Å². The van der Waals surface area contributed by atoms with Gasteiger partial charge in [0, 0.05) is 19.1 Å². The van der Waals surface area contributed by atoms with E-state index >= 15 is 0 Å². The van der Waals surface area contributed by atoms with Crippen LogP contribution in [-0.2, 0) is 11.2 Å². The number of nitrogens with zero attached hydrogens (tertiary/aromatic N) is 1. The first-order valence-corrected chi connectivity index (χ1v) is 6.74. The van der Waals surface area contributed by atoms with Crippen molar-refractivity contribution in [3.63, 3.8) is 0 Å². The van der Waals surface area contributed by atoms with E-state index in [9.17, 15) is 4.79 Å². The second-order valence-electron chi connectivity index (χ2n) is 5.35. The van der Waals surface area contributed by atoms with Crippen LogP contribution in [0.4, 0.5) is 4.79 Å². The number of methoxy groups -OCH3 is 1. The minimum atomic E-state index is -0.334. The summed E-state index contributed by atoms with van der Waals surface area (Å²) in [5.74, 6) is 0.573. The number of nitrogens with one attached hydrogen (secondary N) is 1. The van der Waals surface area contributed by atoms with Crippen molar-refractivity contribution in [3.8, 4) is 0 Å². The molecule has 1 aromatic carbocycles. The molecule has 1 aromatic rings. The maximum atomic E-state index is 11.3. The number of hydrogen-bond donors (Lipinski definition) is 1. The Labute approximate surface area is 114 Å². The van der Waals surface area contributed by atoms with E-state index < -0.39 is 0 Å². The number of likely N-dealkylation sites (tertiary alicyclic amines) is 1. The van der Waals surface area contributed by atoms with Crippen molar-refractivity contribution in [2.75, 3.05) is 27.2 Å². The molecule has 0 radical (unpaired) electrons. The fraction of sp³-hybridized carbons (Fsp3) is 0.533. The molecule has 1 heterocycles. The molecule has 1 amide bonds. The Bertz CT molecular complexity index is 408. The van der Waals surface area contributed by atoms with E-state index in [1.807, 2.05) is 6.07 Å². The molecule has 0 aromatic heterocycles. The molecule has 2 atom stereocenters. The molecule has 0 spiro atoms.